The molecular weight excluding hydrogens is 793 g/mol. The van der Waals surface area contributed by atoms with Gasteiger partial charge in [-0.25, -0.2) is 4.85 Å². The average Bonchev–Trinajstić information content (AvgIpc) is 4.16. The van der Waals surface area contributed by atoms with Crippen LogP contribution in [0.25, 0.3) is 122 Å². The average molecular weight is 833 g/mol. The summed E-state index contributed by atoms with van der Waals surface area (Å²) in [5.74, 6) is 0. The standard InChI is InChI=1S/C56H30N4S2/c1-58-50-48(33-16-4-2-5-17-33)51(59-44-24-12-8-20-35(44)39-28-30-41-37-22-10-14-26-46(37)61-55(41)53(39)59)43(32-57)52(49(50)34-18-6-3-7-19-34)60-45-25-13-9-21-36(45)40-29-31-42-38-23-11-15-27-47(38)62-56(42)54(40)60/h2-31H/i2D,3D,4D,5D,6D,7D,16D,17D,18D,19D. The maximum atomic E-state index is 12.4. The molecule has 9 aromatic carbocycles. The van der Waals surface area contributed by atoms with E-state index in [0.29, 0.717) is 22.1 Å². The van der Waals surface area contributed by atoms with Crippen molar-refractivity contribution in [1.29, 1.82) is 5.26 Å². The maximum absolute atomic E-state index is 12.4. The lowest BCUT2D eigenvalue weighted by atomic mass is 9.89. The minimum Gasteiger partial charge on any atom is -0.307 e. The molecule has 0 aliphatic carbocycles. The van der Waals surface area contributed by atoms with Crippen LogP contribution >= 0.6 is 22.7 Å². The zero-order chi connectivity index (χ0) is 49.8. The number of benzene rings is 9. The van der Waals surface area contributed by atoms with Crippen molar-refractivity contribution in [1.82, 2.24) is 9.13 Å². The number of hydrogen-bond acceptors (Lipinski definition) is 3. The van der Waals surface area contributed by atoms with Crippen LogP contribution in [0, 0.1) is 17.9 Å². The number of rotatable bonds is 4. The van der Waals surface area contributed by atoms with E-state index in [9.17, 15) is 17.3 Å². The maximum Gasteiger partial charge on any atom is 0.206 e. The van der Waals surface area contributed by atoms with Gasteiger partial charge >= 0.3 is 0 Å². The molecule has 4 aromatic heterocycles. The van der Waals surface area contributed by atoms with Crippen LogP contribution in [0.1, 0.15) is 19.3 Å². The SMILES string of the molecule is [2H]c1c([2H])c([2H])c(-c2c([N+]#[C-])c(-c3c([2H])c([2H])c([2H])c([2H])c3[2H])c(-n3c4ccccc4c4ccc5c6ccccc6sc5c43)c(C#N)c2-n2c3ccccc3c3ccc4c5ccccc5sc4c32)c([2H])c1[2H]. The van der Waals surface area contributed by atoms with Gasteiger partial charge < -0.3 is 9.13 Å². The normalized spacial score (nSPS) is 14.1. The zero-order valence-electron chi connectivity index (χ0n) is 42.2. The number of nitrogens with zero attached hydrogens (tertiary/aromatic N) is 4. The molecule has 0 fully saturated rings. The largest absolute Gasteiger partial charge is 0.307 e. The Morgan fingerprint density at radius 3 is 1.32 bits per heavy atom. The summed E-state index contributed by atoms with van der Waals surface area (Å²) in [6, 6.07) is 35.0. The number of hydrogen-bond donors (Lipinski definition) is 0. The van der Waals surface area contributed by atoms with E-state index in [0.717, 1.165) is 61.9 Å². The topological polar surface area (TPSA) is 38.0 Å². The lowest BCUT2D eigenvalue weighted by Crippen LogP contribution is -2.09. The van der Waals surface area contributed by atoms with Gasteiger partial charge in [-0.1, -0.05) is 157 Å². The van der Waals surface area contributed by atoms with E-state index in [4.69, 9.17) is 8.22 Å². The van der Waals surface area contributed by atoms with Crippen LogP contribution in [0.5, 0.6) is 0 Å². The van der Waals surface area contributed by atoms with Gasteiger partial charge in [-0.15, -0.1) is 22.7 Å². The quantitative estimate of drug-likeness (QED) is 0.163. The molecule has 6 heteroatoms. The van der Waals surface area contributed by atoms with E-state index in [-0.39, 0.29) is 33.8 Å². The highest BCUT2D eigenvalue weighted by Gasteiger charge is 2.32. The Morgan fingerprint density at radius 2 is 0.887 bits per heavy atom. The fourth-order valence-electron chi connectivity index (χ4n) is 9.53. The molecule has 286 valence electrons. The molecule has 62 heavy (non-hydrogen) atoms. The molecule has 0 atom stereocenters. The number of thiophene rings is 2. The van der Waals surface area contributed by atoms with Crippen molar-refractivity contribution < 1.29 is 13.7 Å². The third-order valence-electron chi connectivity index (χ3n) is 12.0. The third-order valence-corrected chi connectivity index (χ3v) is 14.3. The van der Waals surface area contributed by atoms with Gasteiger partial charge in [0.15, 0.2) is 0 Å². The fraction of sp³-hybridized carbons (Fsp3) is 0. The summed E-state index contributed by atoms with van der Waals surface area (Å²) >= 11 is 3.07. The molecule has 0 aliphatic heterocycles. The fourth-order valence-corrected chi connectivity index (χ4v) is 12.0. The van der Waals surface area contributed by atoms with Crippen molar-refractivity contribution >= 4 is 112 Å². The van der Waals surface area contributed by atoms with Gasteiger partial charge in [-0.3, -0.25) is 0 Å². The van der Waals surface area contributed by atoms with Crippen molar-refractivity contribution in [3.05, 3.63) is 199 Å². The molecule has 0 saturated carbocycles. The highest BCUT2D eigenvalue weighted by molar-refractivity contribution is 7.27. The molecule has 4 nitrogen and oxygen atoms in total. The number of aromatic nitrogens is 2. The molecule has 0 aliphatic rings. The molecule has 13 aromatic rings. The van der Waals surface area contributed by atoms with Gasteiger partial charge in [0, 0.05) is 63.6 Å². The first-order chi connectivity index (χ1) is 34.9. The first-order valence-electron chi connectivity index (χ1n) is 24.7. The van der Waals surface area contributed by atoms with Gasteiger partial charge in [0.2, 0.25) is 5.69 Å². The number of nitriles is 1. The van der Waals surface area contributed by atoms with Crippen molar-refractivity contribution in [2.45, 2.75) is 0 Å². The molecule has 0 saturated heterocycles. The van der Waals surface area contributed by atoms with Crippen LogP contribution in [0.2, 0.25) is 0 Å². The highest BCUT2D eigenvalue weighted by atomic mass is 32.1. The summed E-state index contributed by atoms with van der Waals surface area (Å²) in [5.41, 5.74) is 0.631. The third kappa shape index (κ3) is 4.68. The summed E-state index contributed by atoms with van der Waals surface area (Å²) in [6.07, 6.45) is 0. The Balaban J connectivity index is 1.39. The minimum absolute atomic E-state index is 0.0127. The molecular formula is C56H30N4S2. The van der Waals surface area contributed by atoms with E-state index in [2.05, 4.69) is 23.0 Å². The van der Waals surface area contributed by atoms with Crippen LogP contribution in [-0.2, 0) is 0 Å². The van der Waals surface area contributed by atoms with E-state index in [1.54, 1.807) is 0 Å². The molecule has 0 amide bonds. The Hall–Kier alpha value is -8.00. The van der Waals surface area contributed by atoms with E-state index >= 15 is 0 Å². The molecule has 13 rings (SSSR count). The van der Waals surface area contributed by atoms with E-state index in [1.165, 1.54) is 22.7 Å². The Labute approximate surface area is 377 Å². The molecule has 0 bridgehead atoms. The van der Waals surface area contributed by atoms with Crippen LogP contribution in [-0.4, -0.2) is 9.13 Å². The smallest absolute Gasteiger partial charge is 0.206 e. The molecule has 0 N–H and O–H groups in total. The van der Waals surface area contributed by atoms with Crippen LogP contribution in [0.3, 0.4) is 0 Å². The van der Waals surface area contributed by atoms with Crippen molar-refractivity contribution in [2.75, 3.05) is 0 Å². The second-order valence-corrected chi connectivity index (χ2v) is 17.1. The monoisotopic (exact) mass is 832 g/mol. The lowest BCUT2D eigenvalue weighted by Gasteiger charge is -2.25. The van der Waals surface area contributed by atoms with Gasteiger partial charge in [0.25, 0.3) is 0 Å². The lowest BCUT2D eigenvalue weighted by molar-refractivity contribution is 1.13. The summed E-state index contributed by atoms with van der Waals surface area (Å²) in [7, 11) is 0. The Morgan fingerprint density at radius 1 is 0.484 bits per heavy atom. The summed E-state index contributed by atoms with van der Waals surface area (Å²) in [5, 5.41) is 19.3. The van der Waals surface area contributed by atoms with Crippen LogP contribution < -0.4 is 0 Å². The second-order valence-electron chi connectivity index (χ2n) is 15.0. The van der Waals surface area contributed by atoms with Gasteiger partial charge in [0.1, 0.15) is 6.07 Å². The highest BCUT2D eigenvalue weighted by Crippen LogP contribution is 2.54. The summed E-state index contributed by atoms with van der Waals surface area (Å²) in [6.45, 7) is 9.36. The zero-order valence-corrected chi connectivity index (χ0v) is 33.8. The summed E-state index contributed by atoms with van der Waals surface area (Å²) in [4.78, 5) is 4.23. The first kappa shape index (κ1) is 26.3. The Bertz CT molecular complexity index is 4400. The molecule has 0 unspecified atom stereocenters. The predicted molar refractivity (Wildman–Crippen MR) is 263 cm³/mol. The van der Waals surface area contributed by atoms with Crippen LogP contribution in [0.15, 0.2) is 182 Å². The molecule has 0 spiro atoms. The number of para-hydroxylation sites is 2. The molecule has 4 heterocycles. The van der Waals surface area contributed by atoms with Crippen molar-refractivity contribution in [2.24, 2.45) is 0 Å². The van der Waals surface area contributed by atoms with Gasteiger partial charge in [-0.05, 0) is 35.4 Å². The van der Waals surface area contributed by atoms with E-state index < -0.39 is 71.6 Å². The predicted octanol–water partition coefficient (Wildman–Crippen LogP) is 16.4. The summed E-state index contributed by atoms with van der Waals surface area (Å²) < 4.78 is 99.2. The first-order valence-corrected chi connectivity index (χ1v) is 21.3. The van der Waals surface area contributed by atoms with E-state index in [1.807, 2.05) is 118 Å². The van der Waals surface area contributed by atoms with Crippen molar-refractivity contribution in [3.8, 4) is 39.7 Å². The second kappa shape index (κ2) is 13.3. The van der Waals surface area contributed by atoms with Crippen molar-refractivity contribution in [3.63, 3.8) is 0 Å². The minimum atomic E-state index is -0.691. The Kier molecular flexibility index (Phi) is 5.61. The number of fused-ring (bicyclic) bond motifs is 14. The molecule has 0 radical (unpaired) electrons. The van der Waals surface area contributed by atoms with Gasteiger partial charge in [0.05, 0.1) is 68.7 Å². The van der Waals surface area contributed by atoms with Crippen LogP contribution in [0.4, 0.5) is 5.69 Å². The van der Waals surface area contributed by atoms with Gasteiger partial charge in [-0.2, -0.15) is 5.26 Å².